The van der Waals surface area contributed by atoms with Gasteiger partial charge in [-0.15, -0.1) is 0 Å². The Balaban J connectivity index is 2.33. The standard InChI is InChI=1S/C16H21N3O/c1-13-12-18-10-8-16(13)19(11-3-9-17)14-4-6-15(20-2)7-5-14/h4-8,10,12H,3,9,11,17H2,1-2H3. The Morgan fingerprint density at radius 3 is 2.55 bits per heavy atom. The zero-order valence-electron chi connectivity index (χ0n) is 12.0. The number of nitrogens with zero attached hydrogens (tertiary/aromatic N) is 2. The number of anilines is 2. The van der Waals surface area contributed by atoms with Crippen LogP contribution in [-0.2, 0) is 0 Å². The Morgan fingerprint density at radius 1 is 1.20 bits per heavy atom. The number of aryl methyl sites for hydroxylation is 1. The summed E-state index contributed by atoms with van der Waals surface area (Å²) in [4.78, 5) is 6.42. The van der Waals surface area contributed by atoms with Crippen molar-refractivity contribution in [3.05, 3.63) is 48.3 Å². The summed E-state index contributed by atoms with van der Waals surface area (Å²) in [5.74, 6) is 0.860. The molecule has 0 spiro atoms. The quantitative estimate of drug-likeness (QED) is 0.877. The van der Waals surface area contributed by atoms with E-state index in [2.05, 4.69) is 28.9 Å². The van der Waals surface area contributed by atoms with E-state index in [-0.39, 0.29) is 0 Å². The lowest BCUT2D eigenvalue weighted by Crippen LogP contribution is -2.21. The molecule has 0 aliphatic heterocycles. The van der Waals surface area contributed by atoms with Crippen molar-refractivity contribution < 1.29 is 4.74 Å². The molecule has 2 rings (SSSR count). The number of hydrogen-bond acceptors (Lipinski definition) is 4. The van der Waals surface area contributed by atoms with Crippen LogP contribution in [0.4, 0.5) is 11.4 Å². The molecule has 4 heteroatoms. The second-order valence-electron chi connectivity index (χ2n) is 4.65. The molecule has 0 amide bonds. The van der Waals surface area contributed by atoms with Crippen LogP contribution in [0.3, 0.4) is 0 Å². The summed E-state index contributed by atoms with van der Waals surface area (Å²) in [5, 5.41) is 0. The second kappa shape index (κ2) is 6.91. The van der Waals surface area contributed by atoms with Crippen molar-refractivity contribution in [2.75, 3.05) is 25.1 Å². The molecule has 1 aromatic carbocycles. The van der Waals surface area contributed by atoms with Crippen LogP contribution in [0.25, 0.3) is 0 Å². The number of ether oxygens (including phenoxy) is 1. The number of nitrogens with two attached hydrogens (primary N) is 1. The summed E-state index contributed by atoms with van der Waals surface area (Å²) in [6.45, 7) is 3.63. The first-order chi connectivity index (χ1) is 9.76. The summed E-state index contributed by atoms with van der Waals surface area (Å²) in [7, 11) is 1.67. The van der Waals surface area contributed by atoms with Crippen molar-refractivity contribution >= 4 is 11.4 Å². The van der Waals surface area contributed by atoms with E-state index in [4.69, 9.17) is 10.5 Å². The third-order valence-electron chi connectivity index (χ3n) is 3.25. The molecule has 0 saturated carbocycles. The van der Waals surface area contributed by atoms with Gasteiger partial charge >= 0.3 is 0 Å². The molecule has 0 aliphatic carbocycles. The van der Waals surface area contributed by atoms with Crippen LogP contribution in [0.2, 0.25) is 0 Å². The molecule has 0 aliphatic rings. The molecule has 106 valence electrons. The molecule has 1 heterocycles. The highest BCUT2D eigenvalue weighted by atomic mass is 16.5. The molecular formula is C16H21N3O. The average molecular weight is 271 g/mol. The second-order valence-corrected chi connectivity index (χ2v) is 4.65. The number of methoxy groups -OCH3 is 1. The van der Waals surface area contributed by atoms with Gasteiger partial charge in [-0.25, -0.2) is 0 Å². The van der Waals surface area contributed by atoms with Gasteiger partial charge in [0.2, 0.25) is 0 Å². The zero-order valence-corrected chi connectivity index (χ0v) is 12.0. The van der Waals surface area contributed by atoms with Gasteiger partial charge in [0.1, 0.15) is 5.75 Å². The minimum atomic E-state index is 0.677. The van der Waals surface area contributed by atoms with Gasteiger partial charge in [0.05, 0.1) is 7.11 Å². The smallest absolute Gasteiger partial charge is 0.119 e. The third-order valence-corrected chi connectivity index (χ3v) is 3.25. The number of benzene rings is 1. The van der Waals surface area contributed by atoms with Crippen LogP contribution in [0.15, 0.2) is 42.7 Å². The number of rotatable bonds is 6. The van der Waals surface area contributed by atoms with Gasteiger partial charge in [0, 0.05) is 30.3 Å². The van der Waals surface area contributed by atoms with E-state index in [0.29, 0.717) is 6.54 Å². The van der Waals surface area contributed by atoms with Crippen LogP contribution >= 0.6 is 0 Å². The minimum Gasteiger partial charge on any atom is -0.497 e. The topological polar surface area (TPSA) is 51.4 Å². The Bertz CT molecular complexity index is 540. The van der Waals surface area contributed by atoms with E-state index >= 15 is 0 Å². The van der Waals surface area contributed by atoms with E-state index in [1.54, 1.807) is 7.11 Å². The van der Waals surface area contributed by atoms with Gasteiger partial charge < -0.3 is 15.4 Å². The molecule has 0 radical (unpaired) electrons. The maximum Gasteiger partial charge on any atom is 0.119 e. The number of pyridine rings is 1. The van der Waals surface area contributed by atoms with Crippen LogP contribution < -0.4 is 15.4 Å². The first kappa shape index (κ1) is 14.3. The molecule has 20 heavy (non-hydrogen) atoms. The van der Waals surface area contributed by atoms with Crippen molar-refractivity contribution in [1.29, 1.82) is 0 Å². The maximum absolute atomic E-state index is 5.66. The van der Waals surface area contributed by atoms with Gasteiger partial charge in [-0.05, 0) is 55.8 Å². The van der Waals surface area contributed by atoms with Gasteiger partial charge in [-0.2, -0.15) is 0 Å². The van der Waals surface area contributed by atoms with Gasteiger partial charge in [0.15, 0.2) is 0 Å². The molecular weight excluding hydrogens is 250 g/mol. The SMILES string of the molecule is COc1ccc(N(CCCN)c2ccncc2C)cc1. The van der Waals surface area contributed by atoms with E-state index in [1.807, 2.05) is 30.6 Å². The lowest BCUT2D eigenvalue weighted by Gasteiger charge is -2.26. The van der Waals surface area contributed by atoms with Crippen LogP contribution in [0, 0.1) is 6.92 Å². The van der Waals surface area contributed by atoms with E-state index in [0.717, 1.165) is 30.0 Å². The highest BCUT2D eigenvalue weighted by Crippen LogP contribution is 2.29. The van der Waals surface area contributed by atoms with Crippen LogP contribution in [0.1, 0.15) is 12.0 Å². The van der Waals surface area contributed by atoms with Gasteiger partial charge in [0.25, 0.3) is 0 Å². The summed E-state index contributed by atoms with van der Waals surface area (Å²) < 4.78 is 5.21. The van der Waals surface area contributed by atoms with E-state index < -0.39 is 0 Å². The summed E-state index contributed by atoms with van der Waals surface area (Å²) in [6.07, 6.45) is 4.64. The molecule has 0 atom stereocenters. The monoisotopic (exact) mass is 271 g/mol. The lowest BCUT2D eigenvalue weighted by atomic mass is 10.2. The number of hydrogen-bond donors (Lipinski definition) is 1. The molecule has 0 bridgehead atoms. The first-order valence-electron chi connectivity index (χ1n) is 6.78. The molecule has 0 saturated heterocycles. The highest BCUT2D eigenvalue weighted by Gasteiger charge is 2.11. The summed E-state index contributed by atoms with van der Waals surface area (Å²) in [5.41, 5.74) is 9.11. The predicted molar refractivity (Wildman–Crippen MR) is 82.6 cm³/mol. The van der Waals surface area contributed by atoms with E-state index in [1.165, 1.54) is 5.69 Å². The molecule has 0 fully saturated rings. The largest absolute Gasteiger partial charge is 0.497 e. The Hall–Kier alpha value is -2.07. The fourth-order valence-corrected chi connectivity index (χ4v) is 2.17. The molecule has 4 nitrogen and oxygen atoms in total. The van der Waals surface area contributed by atoms with Crippen molar-refractivity contribution in [3.8, 4) is 5.75 Å². The first-order valence-corrected chi connectivity index (χ1v) is 6.78. The minimum absolute atomic E-state index is 0.677. The van der Waals surface area contributed by atoms with E-state index in [9.17, 15) is 0 Å². The normalized spacial score (nSPS) is 10.3. The number of aromatic nitrogens is 1. The van der Waals surface area contributed by atoms with Crippen molar-refractivity contribution in [3.63, 3.8) is 0 Å². The van der Waals surface area contributed by atoms with Gasteiger partial charge in [-0.1, -0.05) is 0 Å². The lowest BCUT2D eigenvalue weighted by molar-refractivity contribution is 0.415. The molecule has 1 aromatic heterocycles. The predicted octanol–water partition coefficient (Wildman–Crippen LogP) is 2.89. The fourth-order valence-electron chi connectivity index (χ4n) is 2.17. The molecule has 2 N–H and O–H groups in total. The average Bonchev–Trinajstić information content (AvgIpc) is 2.50. The highest BCUT2D eigenvalue weighted by molar-refractivity contribution is 5.66. The fraction of sp³-hybridized carbons (Fsp3) is 0.312. The Kier molecular flexibility index (Phi) is 4.96. The maximum atomic E-state index is 5.66. The molecule has 2 aromatic rings. The van der Waals surface area contributed by atoms with Crippen molar-refractivity contribution in [2.45, 2.75) is 13.3 Å². The zero-order chi connectivity index (χ0) is 14.4. The summed E-state index contributed by atoms with van der Waals surface area (Å²) >= 11 is 0. The van der Waals surface area contributed by atoms with Crippen molar-refractivity contribution in [2.24, 2.45) is 5.73 Å². The Labute approximate surface area is 120 Å². The van der Waals surface area contributed by atoms with Crippen LogP contribution in [-0.4, -0.2) is 25.2 Å². The Morgan fingerprint density at radius 2 is 1.95 bits per heavy atom. The molecule has 0 unspecified atom stereocenters. The van der Waals surface area contributed by atoms with Gasteiger partial charge in [-0.3, -0.25) is 4.98 Å². The summed E-state index contributed by atoms with van der Waals surface area (Å²) in [6, 6.07) is 10.1. The third kappa shape index (κ3) is 3.27. The van der Waals surface area contributed by atoms with Crippen molar-refractivity contribution in [1.82, 2.24) is 4.98 Å². The van der Waals surface area contributed by atoms with Crippen LogP contribution in [0.5, 0.6) is 5.75 Å².